The molecular weight excluding hydrogens is 353 g/mol. The molecule has 0 saturated heterocycles. The lowest BCUT2D eigenvalue weighted by Crippen LogP contribution is -2.61. The van der Waals surface area contributed by atoms with Crippen LogP contribution in [0.3, 0.4) is 0 Å². The molecule has 1 nitrogen and oxygen atoms in total. The van der Waals surface area contributed by atoms with Crippen molar-refractivity contribution in [3.63, 3.8) is 0 Å². The molecule has 1 atom stereocenters. The normalized spacial score (nSPS) is 15.0. The first-order valence-corrected chi connectivity index (χ1v) is 6.34. The highest BCUT2D eigenvalue weighted by Crippen LogP contribution is 2.55. The van der Waals surface area contributed by atoms with Gasteiger partial charge < -0.3 is 0 Å². The summed E-state index contributed by atoms with van der Waals surface area (Å²) in [6.07, 6.45) is -9.06. The second kappa shape index (κ2) is 6.18. The fraction of sp³-hybridized carbons (Fsp3) is 0.500. The van der Waals surface area contributed by atoms with Gasteiger partial charge in [-0.15, -0.1) is 0 Å². The zero-order valence-corrected chi connectivity index (χ0v) is 11.9. The van der Waals surface area contributed by atoms with Gasteiger partial charge in [-0.2, -0.15) is 44.8 Å². The van der Waals surface area contributed by atoms with Gasteiger partial charge in [0.25, 0.3) is 0 Å². The minimum Gasteiger partial charge on any atom is -0.200 e. The smallest absolute Gasteiger partial charge is 0.200 e. The molecule has 0 aliphatic heterocycles. The highest BCUT2D eigenvalue weighted by atomic mass is 19.4. The lowest BCUT2D eigenvalue weighted by atomic mass is 9.87. The summed E-state index contributed by atoms with van der Waals surface area (Å²) in [6.45, 7) is 1.35. The molecule has 0 spiro atoms. The Morgan fingerprint density at radius 2 is 1.42 bits per heavy atom. The Hall–Kier alpha value is -1.92. The first-order chi connectivity index (χ1) is 10.7. The average molecular weight is 363 g/mol. The molecule has 0 bridgehead atoms. The summed E-state index contributed by atoms with van der Waals surface area (Å²) >= 11 is 0. The van der Waals surface area contributed by atoms with Crippen LogP contribution < -0.4 is 0 Å². The molecule has 0 radical (unpaired) electrons. The van der Waals surface area contributed by atoms with Crippen molar-refractivity contribution in [3.05, 3.63) is 35.4 Å². The standard InChI is InChI=1S/C14H10F9N/c1-8-4-2-3-5-10(8)9(7-24)6-11(15,16)12(17,18)13(19,20)14(21,22)23/h2-5,9H,6H2,1H3. The third kappa shape index (κ3) is 3.30. The molecule has 1 unspecified atom stereocenters. The van der Waals surface area contributed by atoms with Crippen molar-refractivity contribution in [2.24, 2.45) is 0 Å². The fourth-order valence-corrected chi connectivity index (χ4v) is 2.00. The lowest BCUT2D eigenvalue weighted by molar-refractivity contribution is -0.396. The number of aryl methyl sites for hydroxylation is 1. The average Bonchev–Trinajstić information content (AvgIpc) is 2.44. The maximum Gasteiger partial charge on any atom is 0.460 e. The SMILES string of the molecule is Cc1ccccc1C(C#N)CC(F)(F)C(F)(F)C(F)(F)C(F)(F)F. The van der Waals surface area contributed by atoms with E-state index >= 15 is 0 Å². The van der Waals surface area contributed by atoms with E-state index in [0.29, 0.717) is 0 Å². The molecule has 0 aromatic heterocycles. The zero-order chi connectivity index (χ0) is 19.0. The van der Waals surface area contributed by atoms with Crippen LogP contribution in [0.4, 0.5) is 39.5 Å². The van der Waals surface area contributed by atoms with Crippen LogP contribution in [0.1, 0.15) is 23.5 Å². The van der Waals surface area contributed by atoms with Gasteiger partial charge in [-0.05, 0) is 18.1 Å². The Balaban J connectivity index is 3.24. The molecule has 0 saturated carbocycles. The van der Waals surface area contributed by atoms with Crippen LogP contribution in [0.15, 0.2) is 24.3 Å². The van der Waals surface area contributed by atoms with Gasteiger partial charge in [-0.3, -0.25) is 0 Å². The van der Waals surface area contributed by atoms with Gasteiger partial charge in [0.15, 0.2) is 0 Å². The van der Waals surface area contributed by atoms with Gasteiger partial charge in [-0.1, -0.05) is 24.3 Å². The van der Waals surface area contributed by atoms with Crippen LogP contribution in [0.5, 0.6) is 0 Å². The van der Waals surface area contributed by atoms with Crippen molar-refractivity contribution in [2.75, 3.05) is 0 Å². The van der Waals surface area contributed by atoms with Crippen molar-refractivity contribution in [1.29, 1.82) is 5.26 Å². The monoisotopic (exact) mass is 363 g/mol. The van der Waals surface area contributed by atoms with Gasteiger partial charge in [0, 0.05) is 6.42 Å². The summed E-state index contributed by atoms with van der Waals surface area (Å²) < 4.78 is 115. The quantitative estimate of drug-likeness (QED) is 0.638. The number of alkyl halides is 9. The van der Waals surface area contributed by atoms with E-state index in [0.717, 1.165) is 6.07 Å². The van der Waals surface area contributed by atoms with E-state index in [9.17, 15) is 39.5 Å². The van der Waals surface area contributed by atoms with E-state index < -0.39 is 36.3 Å². The number of rotatable bonds is 5. The van der Waals surface area contributed by atoms with E-state index in [-0.39, 0.29) is 11.1 Å². The Morgan fingerprint density at radius 3 is 1.83 bits per heavy atom. The zero-order valence-electron chi connectivity index (χ0n) is 11.9. The maximum atomic E-state index is 13.6. The topological polar surface area (TPSA) is 23.8 Å². The predicted molar refractivity (Wildman–Crippen MR) is 65.0 cm³/mol. The molecule has 0 aliphatic carbocycles. The van der Waals surface area contributed by atoms with E-state index in [1.54, 1.807) is 0 Å². The number of nitrogens with zero attached hydrogens (tertiary/aromatic N) is 1. The van der Waals surface area contributed by atoms with Crippen LogP contribution in [-0.4, -0.2) is 23.9 Å². The molecule has 1 aromatic rings. The fourth-order valence-electron chi connectivity index (χ4n) is 2.00. The number of halogens is 9. The van der Waals surface area contributed by atoms with Crippen LogP contribution in [0.25, 0.3) is 0 Å². The Morgan fingerprint density at radius 1 is 0.917 bits per heavy atom. The largest absolute Gasteiger partial charge is 0.460 e. The molecule has 1 aromatic carbocycles. The number of hydrogen-bond acceptors (Lipinski definition) is 1. The van der Waals surface area contributed by atoms with E-state index in [4.69, 9.17) is 5.26 Å². The van der Waals surface area contributed by atoms with Crippen LogP contribution >= 0.6 is 0 Å². The van der Waals surface area contributed by atoms with Crippen molar-refractivity contribution >= 4 is 0 Å². The summed E-state index contributed by atoms with van der Waals surface area (Å²) in [7, 11) is 0. The molecule has 0 N–H and O–H groups in total. The van der Waals surface area contributed by atoms with Crippen molar-refractivity contribution in [3.8, 4) is 6.07 Å². The second-order valence-electron chi connectivity index (χ2n) is 5.09. The van der Waals surface area contributed by atoms with Gasteiger partial charge in [-0.25, -0.2) is 0 Å². The molecule has 10 heteroatoms. The lowest BCUT2D eigenvalue weighted by Gasteiger charge is -2.34. The molecule has 0 amide bonds. The summed E-state index contributed by atoms with van der Waals surface area (Å²) in [5.41, 5.74) is 0.0662. The molecule has 0 heterocycles. The third-order valence-corrected chi connectivity index (χ3v) is 3.39. The molecule has 24 heavy (non-hydrogen) atoms. The predicted octanol–water partition coefficient (Wildman–Crippen LogP) is 5.46. The van der Waals surface area contributed by atoms with Crippen LogP contribution in [0.2, 0.25) is 0 Å². The summed E-state index contributed by atoms with van der Waals surface area (Å²) in [4.78, 5) is 0. The molecule has 0 aliphatic rings. The molecular formula is C14H10F9N. The van der Waals surface area contributed by atoms with Crippen molar-refractivity contribution in [1.82, 2.24) is 0 Å². The Labute approximate surface area is 130 Å². The minimum absolute atomic E-state index is 0.161. The maximum absolute atomic E-state index is 13.6. The highest BCUT2D eigenvalue weighted by Gasteiger charge is 2.81. The summed E-state index contributed by atoms with van der Waals surface area (Å²) in [6, 6.07) is 6.44. The van der Waals surface area contributed by atoms with Gasteiger partial charge in [0.1, 0.15) is 0 Å². The summed E-state index contributed by atoms with van der Waals surface area (Å²) in [5, 5.41) is 8.86. The van der Waals surface area contributed by atoms with E-state index in [1.165, 1.54) is 31.2 Å². The van der Waals surface area contributed by atoms with Crippen molar-refractivity contribution < 1.29 is 39.5 Å². The van der Waals surface area contributed by atoms with Gasteiger partial charge >= 0.3 is 23.9 Å². The number of nitriles is 1. The molecule has 0 fully saturated rings. The first-order valence-electron chi connectivity index (χ1n) is 6.34. The van der Waals surface area contributed by atoms with Gasteiger partial charge in [0.2, 0.25) is 0 Å². The first kappa shape index (κ1) is 20.1. The number of benzene rings is 1. The van der Waals surface area contributed by atoms with E-state index in [2.05, 4.69) is 0 Å². The Bertz CT molecular complexity index is 628. The molecule has 1 rings (SSSR count). The summed E-state index contributed by atoms with van der Waals surface area (Å²) in [5.74, 6) is -21.4. The third-order valence-electron chi connectivity index (χ3n) is 3.39. The van der Waals surface area contributed by atoms with E-state index in [1.807, 2.05) is 0 Å². The van der Waals surface area contributed by atoms with Gasteiger partial charge in [0.05, 0.1) is 12.0 Å². The van der Waals surface area contributed by atoms with Crippen LogP contribution in [-0.2, 0) is 0 Å². The van der Waals surface area contributed by atoms with Crippen molar-refractivity contribution in [2.45, 2.75) is 43.2 Å². The second-order valence-corrected chi connectivity index (χ2v) is 5.09. The highest BCUT2D eigenvalue weighted by molar-refractivity contribution is 5.33. The Kier molecular flexibility index (Phi) is 5.18. The van der Waals surface area contributed by atoms with Crippen LogP contribution in [0, 0.1) is 18.3 Å². The minimum atomic E-state index is -6.95. The number of hydrogen-bond donors (Lipinski definition) is 0. The molecule has 134 valence electrons.